The standard InChI is InChI=1S/C28H33N7O3/c1-28(2)26-20(27(36)38-28)6-7-23(33-26)32-24-14-22(35-9-3-4-19(29)17-35)21(16-30-24)18-5-8-25(31-15-18)34-10-12-37-13-11-34/h5-8,14-16,19H,3-4,9-13,17,29H2,1-2H3,(H,30,32,33)/t19-/m0/s1. The van der Waals surface area contributed by atoms with Gasteiger partial charge in [-0.05, 0) is 51.0 Å². The molecule has 3 aliphatic rings. The Morgan fingerprint density at radius 1 is 1.00 bits per heavy atom. The zero-order valence-electron chi connectivity index (χ0n) is 21.8. The third-order valence-corrected chi connectivity index (χ3v) is 7.36. The van der Waals surface area contributed by atoms with Crippen molar-refractivity contribution in [3.8, 4) is 11.1 Å². The van der Waals surface area contributed by atoms with Gasteiger partial charge in [-0.3, -0.25) is 0 Å². The highest BCUT2D eigenvalue weighted by atomic mass is 16.6. The van der Waals surface area contributed by atoms with Crippen molar-refractivity contribution in [1.82, 2.24) is 15.0 Å². The summed E-state index contributed by atoms with van der Waals surface area (Å²) in [6, 6.07) is 9.88. The number of ether oxygens (including phenoxy) is 2. The minimum Gasteiger partial charge on any atom is -0.449 e. The molecular formula is C28H33N7O3. The average Bonchev–Trinajstić information content (AvgIpc) is 3.16. The second-order valence-corrected chi connectivity index (χ2v) is 10.6. The summed E-state index contributed by atoms with van der Waals surface area (Å²) in [4.78, 5) is 30.9. The Labute approximate surface area is 222 Å². The van der Waals surface area contributed by atoms with Gasteiger partial charge in [0.15, 0.2) is 0 Å². The molecule has 2 fully saturated rings. The van der Waals surface area contributed by atoms with Crippen molar-refractivity contribution in [2.45, 2.75) is 38.3 Å². The highest BCUT2D eigenvalue weighted by Gasteiger charge is 2.39. The summed E-state index contributed by atoms with van der Waals surface area (Å²) in [6.07, 6.45) is 5.86. The van der Waals surface area contributed by atoms with Crippen molar-refractivity contribution in [2.24, 2.45) is 5.73 Å². The van der Waals surface area contributed by atoms with Gasteiger partial charge < -0.3 is 30.3 Å². The van der Waals surface area contributed by atoms with Crippen molar-refractivity contribution >= 4 is 29.1 Å². The number of anilines is 4. The molecule has 3 aliphatic heterocycles. The van der Waals surface area contributed by atoms with E-state index in [2.05, 4.69) is 32.2 Å². The van der Waals surface area contributed by atoms with Gasteiger partial charge in [0.25, 0.3) is 0 Å². The van der Waals surface area contributed by atoms with E-state index in [0.717, 1.165) is 74.9 Å². The number of aromatic nitrogens is 3. The molecule has 0 amide bonds. The minimum absolute atomic E-state index is 0.126. The van der Waals surface area contributed by atoms with Gasteiger partial charge in [-0.1, -0.05) is 0 Å². The highest BCUT2D eigenvalue weighted by molar-refractivity contribution is 5.94. The number of cyclic esters (lactones) is 1. The lowest BCUT2D eigenvalue weighted by Gasteiger charge is -2.34. The third kappa shape index (κ3) is 4.77. The van der Waals surface area contributed by atoms with Gasteiger partial charge in [0.2, 0.25) is 0 Å². The monoisotopic (exact) mass is 515 g/mol. The van der Waals surface area contributed by atoms with Crippen LogP contribution in [0.15, 0.2) is 42.7 Å². The molecule has 1 atom stereocenters. The number of nitrogens with two attached hydrogens (primary N) is 1. The smallest absolute Gasteiger partial charge is 0.341 e. The van der Waals surface area contributed by atoms with Gasteiger partial charge in [-0.25, -0.2) is 19.7 Å². The average molecular weight is 516 g/mol. The molecule has 198 valence electrons. The third-order valence-electron chi connectivity index (χ3n) is 7.36. The zero-order chi connectivity index (χ0) is 26.3. The summed E-state index contributed by atoms with van der Waals surface area (Å²) in [7, 11) is 0. The van der Waals surface area contributed by atoms with Gasteiger partial charge >= 0.3 is 5.97 Å². The Kier molecular flexibility index (Phi) is 6.37. The van der Waals surface area contributed by atoms with E-state index in [9.17, 15) is 4.79 Å². The summed E-state index contributed by atoms with van der Waals surface area (Å²) in [5, 5.41) is 3.33. The van der Waals surface area contributed by atoms with Gasteiger partial charge in [0, 0.05) is 67.5 Å². The quantitative estimate of drug-likeness (QED) is 0.489. The molecule has 3 N–H and O–H groups in total. The Morgan fingerprint density at radius 2 is 1.84 bits per heavy atom. The predicted octanol–water partition coefficient (Wildman–Crippen LogP) is 3.45. The molecule has 0 bridgehead atoms. The van der Waals surface area contributed by atoms with Crippen LogP contribution >= 0.6 is 0 Å². The fourth-order valence-electron chi connectivity index (χ4n) is 5.37. The fraction of sp³-hybridized carbons (Fsp3) is 0.429. The van der Waals surface area contributed by atoms with E-state index in [1.807, 2.05) is 32.3 Å². The number of carbonyl (C=O) groups is 1. The number of carbonyl (C=O) groups excluding carboxylic acids is 1. The van der Waals surface area contributed by atoms with E-state index in [0.29, 0.717) is 22.9 Å². The Balaban J connectivity index is 1.32. The van der Waals surface area contributed by atoms with Crippen LogP contribution in [0.4, 0.5) is 23.1 Å². The Bertz CT molecular complexity index is 1340. The van der Waals surface area contributed by atoms with Crippen LogP contribution in [0, 0.1) is 0 Å². The van der Waals surface area contributed by atoms with E-state index in [1.165, 1.54) is 0 Å². The Morgan fingerprint density at radius 3 is 2.61 bits per heavy atom. The number of nitrogens with one attached hydrogen (secondary N) is 1. The number of pyridine rings is 3. The molecule has 6 heterocycles. The normalized spacial score (nSPS) is 20.7. The van der Waals surface area contributed by atoms with Crippen molar-refractivity contribution in [2.75, 3.05) is 54.5 Å². The molecule has 10 heteroatoms. The molecule has 0 radical (unpaired) electrons. The molecule has 0 unspecified atom stereocenters. The van der Waals surface area contributed by atoms with Crippen molar-refractivity contribution in [3.63, 3.8) is 0 Å². The van der Waals surface area contributed by atoms with Crippen LogP contribution in [0.2, 0.25) is 0 Å². The van der Waals surface area contributed by atoms with Gasteiger partial charge in [0.05, 0.1) is 18.8 Å². The van der Waals surface area contributed by atoms with Crippen LogP contribution in [0.25, 0.3) is 11.1 Å². The molecule has 6 rings (SSSR count). The molecule has 0 spiro atoms. The van der Waals surface area contributed by atoms with E-state index >= 15 is 0 Å². The van der Waals surface area contributed by atoms with E-state index in [1.54, 1.807) is 12.1 Å². The van der Waals surface area contributed by atoms with Crippen LogP contribution in [-0.2, 0) is 15.1 Å². The molecule has 0 aliphatic carbocycles. The number of fused-ring (bicyclic) bond motifs is 1. The second kappa shape index (κ2) is 9.85. The number of morpholine rings is 1. The maximum atomic E-state index is 12.2. The first-order chi connectivity index (χ1) is 18.4. The van der Waals surface area contributed by atoms with Crippen LogP contribution in [0.3, 0.4) is 0 Å². The van der Waals surface area contributed by atoms with Crippen molar-refractivity contribution in [1.29, 1.82) is 0 Å². The molecule has 2 saturated heterocycles. The maximum Gasteiger partial charge on any atom is 0.341 e. The number of rotatable bonds is 5. The van der Waals surface area contributed by atoms with Crippen LogP contribution in [-0.4, -0.2) is 66.4 Å². The molecule has 0 saturated carbocycles. The lowest BCUT2D eigenvalue weighted by molar-refractivity contribution is 0.00834. The molecule has 0 aromatic carbocycles. The second-order valence-electron chi connectivity index (χ2n) is 10.6. The summed E-state index contributed by atoms with van der Waals surface area (Å²) in [6.45, 7) is 8.53. The topological polar surface area (TPSA) is 119 Å². The maximum absolute atomic E-state index is 12.2. The Hall–Kier alpha value is -3.76. The summed E-state index contributed by atoms with van der Waals surface area (Å²) < 4.78 is 10.9. The molecule has 10 nitrogen and oxygen atoms in total. The van der Waals surface area contributed by atoms with Gasteiger partial charge in [-0.2, -0.15) is 0 Å². The molecule has 3 aromatic heterocycles. The molecule has 3 aromatic rings. The number of hydrogen-bond donors (Lipinski definition) is 2. The van der Waals surface area contributed by atoms with E-state index < -0.39 is 5.60 Å². The number of esters is 1. The molecular weight excluding hydrogens is 482 g/mol. The van der Waals surface area contributed by atoms with E-state index in [-0.39, 0.29) is 12.0 Å². The summed E-state index contributed by atoms with van der Waals surface area (Å²) in [5.74, 6) is 1.88. The lowest BCUT2D eigenvalue weighted by Crippen LogP contribution is -2.43. The van der Waals surface area contributed by atoms with Crippen LogP contribution in [0.5, 0.6) is 0 Å². The van der Waals surface area contributed by atoms with E-state index in [4.69, 9.17) is 25.2 Å². The first kappa shape index (κ1) is 24.6. The highest BCUT2D eigenvalue weighted by Crippen LogP contribution is 2.37. The predicted molar refractivity (Wildman–Crippen MR) is 146 cm³/mol. The number of nitrogens with zero attached hydrogens (tertiary/aromatic N) is 5. The van der Waals surface area contributed by atoms with Crippen LogP contribution in [0.1, 0.15) is 42.7 Å². The first-order valence-electron chi connectivity index (χ1n) is 13.2. The van der Waals surface area contributed by atoms with Gasteiger partial charge in [0.1, 0.15) is 28.7 Å². The SMILES string of the molecule is CC1(C)OC(=O)c2ccc(Nc3cc(N4CCC[C@H](N)C4)c(-c4ccc(N5CCOCC5)nc4)cn3)nc21. The minimum atomic E-state index is -0.767. The lowest BCUT2D eigenvalue weighted by atomic mass is 10.0. The van der Waals surface area contributed by atoms with Crippen LogP contribution < -0.4 is 20.9 Å². The van der Waals surface area contributed by atoms with Crippen molar-refractivity contribution < 1.29 is 14.3 Å². The van der Waals surface area contributed by atoms with Crippen molar-refractivity contribution in [3.05, 3.63) is 54.0 Å². The molecule has 38 heavy (non-hydrogen) atoms. The zero-order valence-corrected chi connectivity index (χ0v) is 21.8. The summed E-state index contributed by atoms with van der Waals surface area (Å²) in [5.41, 5.74) is 9.77. The number of piperidine rings is 1. The summed E-state index contributed by atoms with van der Waals surface area (Å²) >= 11 is 0. The largest absolute Gasteiger partial charge is 0.449 e. The van der Waals surface area contributed by atoms with Gasteiger partial charge in [-0.15, -0.1) is 0 Å². The fourth-order valence-corrected chi connectivity index (χ4v) is 5.37. The first-order valence-corrected chi connectivity index (χ1v) is 13.2. The number of hydrogen-bond acceptors (Lipinski definition) is 10.